The van der Waals surface area contributed by atoms with Gasteiger partial charge in [-0.3, -0.25) is 0 Å². The fraction of sp³-hybridized carbons (Fsp3) is 0.545. The molecule has 1 saturated carbocycles. The lowest BCUT2D eigenvalue weighted by Gasteiger charge is -2.33. The van der Waals surface area contributed by atoms with Crippen LogP contribution in [0.2, 0.25) is 0 Å². The minimum Gasteiger partial charge on any atom is -0.365 e. The van der Waals surface area contributed by atoms with Gasteiger partial charge in [-0.15, -0.1) is 5.10 Å². The van der Waals surface area contributed by atoms with Gasteiger partial charge in [-0.25, -0.2) is 0 Å². The van der Waals surface area contributed by atoms with Crippen LogP contribution in [-0.4, -0.2) is 22.3 Å². The first kappa shape index (κ1) is 10.8. The van der Waals surface area contributed by atoms with E-state index in [9.17, 15) is 0 Å². The van der Waals surface area contributed by atoms with Crippen molar-refractivity contribution in [2.75, 3.05) is 5.32 Å². The molecule has 1 heterocycles. The number of nitriles is 1. The number of hydrogen-bond acceptors (Lipinski definition) is 5. The molecule has 1 aliphatic carbocycles. The van der Waals surface area contributed by atoms with Gasteiger partial charge in [0.2, 0.25) is 0 Å². The summed E-state index contributed by atoms with van der Waals surface area (Å²) in [6.45, 7) is 3.74. The number of aryl methyl sites for hydroxylation is 1. The number of nitrogens with one attached hydrogen (secondary N) is 1. The van der Waals surface area contributed by atoms with E-state index in [0.717, 1.165) is 24.1 Å². The molecule has 5 heteroatoms. The van der Waals surface area contributed by atoms with E-state index >= 15 is 0 Å². The maximum Gasteiger partial charge on any atom is 0.167 e. The molecule has 2 rings (SSSR count). The van der Waals surface area contributed by atoms with Gasteiger partial charge in [0.1, 0.15) is 11.6 Å². The summed E-state index contributed by atoms with van der Waals surface area (Å²) in [5.41, 5.74) is 7.99. The van der Waals surface area contributed by atoms with E-state index in [0.29, 0.717) is 17.4 Å². The smallest absolute Gasteiger partial charge is 0.167 e. The second-order valence-electron chi connectivity index (χ2n) is 4.32. The van der Waals surface area contributed by atoms with Crippen molar-refractivity contribution in [2.45, 2.75) is 38.8 Å². The van der Waals surface area contributed by atoms with Gasteiger partial charge in [0.25, 0.3) is 0 Å². The standard InChI is InChI=1S/C11H15N5/c1-6-7(2)15-16-11(10(6)5-12)14-9-3-8(13)4-9/h8-9H,3-4,13H2,1-2H3,(H,14,16). The Bertz CT molecular complexity index is 442. The van der Waals surface area contributed by atoms with Gasteiger partial charge in [-0.1, -0.05) is 0 Å². The van der Waals surface area contributed by atoms with Crippen LogP contribution in [0.4, 0.5) is 5.82 Å². The fourth-order valence-electron chi connectivity index (χ4n) is 1.82. The molecule has 16 heavy (non-hydrogen) atoms. The highest BCUT2D eigenvalue weighted by Crippen LogP contribution is 2.24. The van der Waals surface area contributed by atoms with Crippen molar-refractivity contribution in [1.29, 1.82) is 5.26 Å². The first-order valence-electron chi connectivity index (χ1n) is 5.38. The lowest BCUT2D eigenvalue weighted by atomic mass is 9.87. The molecule has 1 fully saturated rings. The third kappa shape index (κ3) is 1.84. The average molecular weight is 217 g/mol. The maximum atomic E-state index is 9.10. The molecule has 1 aromatic heterocycles. The van der Waals surface area contributed by atoms with Crippen molar-refractivity contribution in [1.82, 2.24) is 10.2 Å². The number of nitrogens with two attached hydrogens (primary N) is 1. The number of rotatable bonds is 2. The van der Waals surface area contributed by atoms with Crippen molar-refractivity contribution in [3.63, 3.8) is 0 Å². The normalized spacial score (nSPS) is 23.4. The molecule has 3 N–H and O–H groups in total. The Morgan fingerprint density at radius 3 is 2.62 bits per heavy atom. The van der Waals surface area contributed by atoms with E-state index in [1.165, 1.54) is 0 Å². The molecule has 0 amide bonds. The van der Waals surface area contributed by atoms with Crippen LogP contribution in [0.5, 0.6) is 0 Å². The van der Waals surface area contributed by atoms with Crippen LogP contribution in [0.15, 0.2) is 0 Å². The fourth-order valence-corrected chi connectivity index (χ4v) is 1.82. The molecule has 84 valence electrons. The minimum atomic E-state index is 0.280. The summed E-state index contributed by atoms with van der Waals surface area (Å²) >= 11 is 0. The lowest BCUT2D eigenvalue weighted by Crippen LogP contribution is -2.44. The SMILES string of the molecule is Cc1nnc(NC2CC(N)C2)c(C#N)c1C. The van der Waals surface area contributed by atoms with Gasteiger partial charge in [-0.05, 0) is 32.3 Å². The predicted molar refractivity (Wildman–Crippen MR) is 60.8 cm³/mol. The highest BCUT2D eigenvalue weighted by atomic mass is 15.2. The zero-order chi connectivity index (χ0) is 11.7. The van der Waals surface area contributed by atoms with E-state index in [-0.39, 0.29) is 6.04 Å². The molecule has 1 aliphatic rings. The van der Waals surface area contributed by atoms with Crippen LogP contribution in [-0.2, 0) is 0 Å². The molecule has 0 radical (unpaired) electrons. The highest BCUT2D eigenvalue weighted by Gasteiger charge is 2.27. The second-order valence-corrected chi connectivity index (χ2v) is 4.32. The molecule has 0 atom stereocenters. The number of aromatic nitrogens is 2. The summed E-state index contributed by atoms with van der Waals surface area (Å²) in [5, 5.41) is 20.4. The largest absolute Gasteiger partial charge is 0.365 e. The summed E-state index contributed by atoms with van der Waals surface area (Å²) < 4.78 is 0. The summed E-state index contributed by atoms with van der Waals surface area (Å²) in [6, 6.07) is 2.79. The van der Waals surface area contributed by atoms with Crippen molar-refractivity contribution < 1.29 is 0 Å². The van der Waals surface area contributed by atoms with E-state index in [1.54, 1.807) is 0 Å². The van der Waals surface area contributed by atoms with E-state index in [4.69, 9.17) is 11.0 Å². The van der Waals surface area contributed by atoms with Crippen molar-refractivity contribution >= 4 is 5.82 Å². The van der Waals surface area contributed by atoms with Gasteiger partial charge < -0.3 is 11.1 Å². The molecule has 0 aliphatic heterocycles. The van der Waals surface area contributed by atoms with E-state index < -0.39 is 0 Å². The van der Waals surface area contributed by atoms with Gasteiger partial charge in [0.05, 0.1) is 5.69 Å². The third-order valence-electron chi connectivity index (χ3n) is 3.08. The zero-order valence-electron chi connectivity index (χ0n) is 9.49. The molecule has 0 aromatic carbocycles. The Hall–Kier alpha value is -1.67. The Labute approximate surface area is 94.7 Å². The molecule has 0 unspecified atom stereocenters. The van der Waals surface area contributed by atoms with Crippen LogP contribution < -0.4 is 11.1 Å². The maximum absolute atomic E-state index is 9.10. The van der Waals surface area contributed by atoms with Crippen LogP contribution in [0.25, 0.3) is 0 Å². The molecule has 5 nitrogen and oxygen atoms in total. The molecule has 1 aromatic rings. The topological polar surface area (TPSA) is 87.6 Å². The molecule has 0 saturated heterocycles. The van der Waals surface area contributed by atoms with Gasteiger partial charge >= 0.3 is 0 Å². The van der Waals surface area contributed by atoms with Crippen LogP contribution in [0.1, 0.15) is 29.7 Å². The summed E-state index contributed by atoms with van der Waals surface area (Å²) in [7, 11) is 0. The van der Waals surface area contributed by atoms with Crippen molar-refractivity contribution in [3.8, 4) is 6.07 Å². The molecular formula is C11H15N5. The van der Waals surface area contributed by atoms with Crippen molar-refractivity contribution in [2.24, 2.45) is 5.73 Å². The summed E-state index contributed by atoms with van der Waals surface area (Å²) in [5.74, 6) is 0.586. The second kappa shape index (κ2) is 4.06. The van der Waals surface area contributed by atoms with Crippen molar-refractivity contribution in [3.05, 3.63) is 16.8 Å². The highest BCUT2D eigenvalue weighted by molar-refractivity contribution is 5.56. The van der Waals surface area contributed by atoms with Gasteiger partial charge in [0, 0.05) is 12.1 Å². The van der Waals surface area contributed by atoms with Crippen LogP contribution >= 0.6 is 0 Å². The van der Waals surface area contributed by atoms with Gasteiger partial charge in [-0.2, -0.15) is 10.4 Å². The minimum absolute atomic E-state index is 0.280. The number of nitrogens with zero attached hydrogens (tertiary/aromatic N) is 3. The van der Waals surface area contributed by atoms with E-state index in [2.05, 4.69) is 21.6 Å². The lowest BCUT2D eigenvalue weighted by molar-refractivity contribution is 0.372. The Morgan fingerprint density at radius 2 is 2.06 bits per heavy atom. The first-order valence-corrected chi connectivity index (χ1v) is 5.38. The van der Waals surface area contributed by atoms with Crippen LogP contribution in [0.3, 0.4) is 0 Å². The monoisotopic (exact) mass is 217 g/mol. The van der Waals surface area contributed by atoms with E-state index in [1.807, 2.05) is 13.8 Å². The number of anilines is 1. The number of hydrogen-bond donors (Lipinski definition) is 2. The Morgan fingerprint density at radius 1 is 1.38 bits per heavy atom. The molecular weight excluding hydrogens is 202 g/mol. The molecule has 0 spiro atoms. The average Bonchev–Trinajstić information content (AvgIpc) is 2.21. The summed E-state index contributed by atoms with van der Waals surface area (Å²) in [6.07, 6.45) is 1.86. The van der Waals surface area contributed by atoms with Crippen LogP contribution in [0, 0.1) is 25.2 Å². The Kier molecular flexibility index (Phi) is 2.75. The van der Waals surface area contributed by atoms with Gasteiger partial charge in [0.15, 0.2) is 5.82 Å². The zero-order valence-corrected chi connectivity index (χ0v) is 9.49. The quantitative estimate of drug-likeness (QED) is 0.767. The first-order chi connectivity index (χ1) is 7.61. The Balaban J connectivity index is 2.21. The third-order valence-corrected chi connectivity index (χ3v) is 3.08. The predicted octanol–water partition coefficient (Wildman–Crippen LogP) is 0.867. The summed E-state index contributed by atoms with van der Waals surface area (Å²) in [4.78, 5) is 0. The molecule has 0 bridgehead atoms.